The number of hydrogen-bond acceptors (Lipinski definition) is 5. The third kappa shape index (κ3) is 2.85. The second-order valence-corrected chi connectivity index (χ2v) is 7.05. The largest absolute Gasteiger partial charge is 0.351 e. The van der Waals surface area contributed by atoms with Gasteiger partial charge in [0.15, 0.2) is 5.82 Å². The number of likely N-dealkylation sites (tertiary alicyclic amines) is 2. The molecule has 2 N–H and O–H groups in total. The third-order valence-corrected chi connectivity index (χ3v) is 5.37. The molecule has 1 aromatic rings. The van der Waals surface area contributed by atoms with E-state index in [1.807, 2.05) is 4.90 Å². The fourth-order valence-electron chi connectivity index (χ4n) is 3.76. The summed E-state index contributed by atoms with van der Waals surface area (Å²) < 4.78 is 5.36. The van der Waals surface area contributed by atoms with Crippen molar-refractivity contribution in [2.24, 2.45) is 11.7 Å². The molecule has 1 saturated carbocycles. The van der Waals surface area contributed by atoms with Crippen LogP contribution in [0.1, 0.15) is 62.2 Å². The van der Waals surface area contributed by atoms with Crippen molar-refractivity contribution in [1.29, 1.82) is 0 Å². The minimum Gasteiger partial charge on any atom is -0.351 e. The second kappa shape index (κ2) is 6.07. The summed E-state index contributed by atoms with van der Waals surface area (Å²) in [5.41, 5.74) is 5.31. The van der Waals surface area contributed by atoms with Crippen LogP contribution in [0.15, 0.2) is 4.52 Å². The lowest BCUT2D eigenvalue weighted by Gasteiger charge is -2.33. The Labute approximate surface area is 140 Å². The van der Waals surface area contributed by atoms with Gasteiger partial charge in [0, 0.05) is 31.5 Å². The van der Waals surface area contributed by atoms with Crippen LogP contribution in [0.3, 0.4) is 0 Å². The average molecular weight is 333 g/mol. The fourth-order valence-corrected chi connectivity index (χ4v) is 3.76. The van der Waals surface area contributed by atoms with Crippen molar-refractivity contribution >= 4 is 11.9 Å². The number of urea groups is 1. The number of nitrogens with two attached hydrogens (primary N) is 1. The molecule has 2 aliphatic heterocycles. The van der Waals surface area contributed by atoms with Gasteiger partial charge in [-0.1, -0.05) is 5.16 Å². The highest BCUT2D eigenvalue weighted by atomic mass is 16.5. The normalized spacial score (nSPS) is 25.2. The van der Waals surface area contributed by atoms with E-state index in [1.165, 1.54) is 0 Å². The smallest absolute Gasteiger partial charge is 0.314 e. The van der Waals surface area contributed by atoms with Crippen molar-refractivity contribution < 1.29 is 14.1 Å². The molecule has 3 amide bonds. The van der Waals surface area contributed by atoms with Crippen LogP contribution in [0.4, 0.5) is 4.79 Å². The average Bonchev–Trinajstić information content (AvgIpc) is 3.12. The highest BCUT2D eigenvalue weighted by Gasteiger charge is 2.39. The summed E-state index contributed by atoms with van der Waals surface area (Å²) in [4.78, 5) is 32.2. The molecule has 1 unspecified atom stereocenters. The number of nitrogens with zero attached hydrogens (tertiary/aromatic N) is 4. The maximum Gasteiger partial charge on any atom is 0.314 e. The summed E-state index contributed by atoms with van der Waals surface area (Å²) >= 11 is 0. The van der Waals surface area contributed by atoms with E-state index in [1.54, 1.807) is 4.90 Å². The molecule has 0 aromatic carbocycles. The number of aromatic nitrogens is 2. The topological polar surface area (TPSA) is 106 Å². The van der Waals surface area contributed by atoms with E-state index in [2.05, 4.69) is 10.1 Å². The van der Waals surface area contributed by atoms with Gasteiger partial charge in [0.05, 0.1) is 6.04 Å². The van der Waals surface area contributed by atoms with Gasteiger partial charge in [-0.05, 0) is 38.5 Å². The quantitative estimate of drug-likeness (QED) is 0.900. The number of primary amides is 1. The lowest BCUT2D eigenvalue weighted by Crippen LogP contribution is -2.46. The van der Waals surface area contributed by atoms with Crippen LogP contribution in [-0.2, 0) is 4.79 Å². The lowest BCUT2D eigenvalue weighted by molar-refractivity contribution is -0.138. The maximum absolute atomic E-state index is 12.9. The molecule has 1 atom stereocenters. The van der Waals surface area contributed by atoms with E-state index in [0.29, 0.717) is 37.7 Å². The molecular weight excluding hydrogens is 310 g/mol. The van der Waals surface area contributed by atoms with Gasteiger partial charge in [-0.3, -0.25) is 4.79 Å². The van der Waals surface area contributed by atoms with Crippen LogP contribution in [0.25, 0.3) is 0 Å². The number of carbonyl (C=O) groups is 2. The zero-order valence-corrected chi connectivity index (χ0v) is 13.7. The molecule has 8 nitrogen and oxygen atoms in total. The second-order valence-electron chi connectivity index (χ2n) is 7.05. The molecule has 4 rings (SSSR count). The van der Waals surface area contributed by atoms with Gasteiger partial charge in [0.1, 0.15) is 0 Å². The van der Waals surface area contributed by atoms with Crippen LogP contribution in [0, 0.1) is 5.92 Å². The van der Waals surface area contributed by atoms with Crippen LogP contribution in [0.5, 0.6) is 0 Å². The first kappa shape index (κ1) is 15.4. The van der Waals surface area contributed by atoms with E-state index in [4.69, 9.17) is 10.3 Å². The fraction of sp³-hybridized carbons (Fsp3) is 0.750. The zero-order valence-electron chi connectivity index (χ0n) is 13.7. The number of rotatable bonds is 3. The summed E-state index contributed by atoms with van der Waals surface area (Å²) in [7, 11) is 0. The summed E-state index contributed by atoms with van der Waals surface area (Å²) in [6.45, 7) is 1.85. The lowest BCUT2D eigenvalue weighted by atomic mass is 9.95. The molecule has 1 aliphatic carbocycles. The minimum absolute atomic E-state index is 0.0454. The minimum atomic E-state index is -0.403. The predicted octanol–water partition coefficient (Wildman–Crippen LogP) is 1.40. The SMILES string of the molecule is NC(=O)N1CCC(C(=O)N2CCCC2c2noc(C3CC3)n2)CC1. The van der Waals surface area contributed by atoms with E-state index in [9.17, 15) is 9.59 Å². The molecule has 0 bridgehead atoms. The maximum atomic E-state index is 12.9. The Balaban J connectivity index is 1.42. The molecule has 8 heteroatoms. The van der Waals surface area contributed by atoms with Crippen molar-refractivity contribution in [2.75, 3.05) is 19.6 Å². The summed E-state index contributed by atoms with van der Waals surface area (Å²) in [5, 5.41) is 4.12. The monoisotopic (exact) mass is 333 g/mol. The Morgan fingerprint density at radius 2 is 1.83 bits per heavy atom. The number of piperidine rings is 1. The van der Waals surface area contributed by atoms with E-state index in [0.717, 1.165) is 38.1 Å². The molecular formula is C16H23N5O3. The molecule has 3 aliphatic rings. The highest BCUT2D eigenvalue weighted by molar-refractivity contribution is 5.80. The number of amides is 3. The zero-order chi connectivity index (χ0) is 16.7. The van der Waals surface area contributed by atoms with E-state index in [-0.39, 0.29) is 17.9 Å². The Morgan fingerprint density at radius 1 is 1.08 bits per heavy atom. The van der Waals surface area contributed by atoms with Crippen molar-refractivity contribution in [3.8, 4) is 0 Å². The molecule has 0 spiro atoms. The Bertz CT molecular complexity index is 633. The number of carbonyl (C=O) groups excluding carboxylic acids is 2. The Hall–Kier alpha value is -2.12. The molecule has 24 heavy (non-hydrogen) atoms. The van der Waals surface area contributed by atoms with Gasteiger partial charge in [-0.2, -0.15) is 4.98 Å². The summed E-state index contributed by atoms with van der Waals surface area (Å²) in [6, 6.07) is -0.470. The van der Waals surface area contributed by atoms with Gasteiger partial charge in [0.25, 0.3) is 0 Å². The molecule has 2 saturated heterocycles. The van der Waals surface area contributed by atoms with Gasteiger partial charge >= 0.3 is 6.03 Å². The van der Waals surface area contributed by atoms with Crippen molar-refractivity contribution in [3.05, 3.63) is 11.7 Å². The first-order chi connectivity index (χ1) is 11.6. The van der Waals surface area contributed by atoms with Crippen LogP contribution >= 0.6 is 0 Å². The van der Waals surface area contributed by atoms with Crippen molar-refractivity contribution in [1.82, 2.24) is 19.9 Å². The molecule has 0 radical (unpaired) electrons. The highest BCUT2D eigenvalue weighted by Crippen LogP contribution is 2.40. The summed E-state index contributed by atoms with van der Waals surface area (Å²) in [6.07, 6.45) is 5.43. The van der Waals surface area contributed by atoms with Crippen LogP contribution < -0.4 is 5.73 Å². The van der Waals surface area contributed by atoms with E-state index < -0.39 is 6.03 Å². The van der Waals surface area contributed by atoms with Gasteiger partial charge in [-0.25, -0.2) is 4.79 Å². The van der Waals surface area contributed by atoms with Crippen molar-refractivity contribution in [3.63, 3.8) is 0 Å². The Morgan fingerprint density at radius 3 is 2.50 bits per heavy atom. The van der Waals surface area contributed by atoms with E-state index >= 15 is 0 Å². The molecule has 130 valence electrons. The predicted molar refractivity (Wildman–Crippen MR) is 83.8 cm³/mol. The van der Waals surface area contributed by atoms with Gasteiger partial charge in [-0.15, -0.1) is 0 Å². The van der Waals surface area contributed by atoms with Gasteiger partial charge < -0.3 is 20.1 Å². The number of hydrogen-bond donors (Lipinski definition) is 1. The van der Waals surface area contributed by atoms with Crippen molar-refractivity contribution in [2.45, 2.75) is 50.5 Å². The molecule has 3 heterocycles. The first-order valence-electron chi connectivity index (χ1n) is 8.82. The molecule has 3 fully saturated rings. The first-order valence-corrected chi connectivity index (χ1v) is 8.82. The van der Waals surface area contributed by atoms with Crippen LogP contribution in [-0.4, -0.2) is 51.5 Å². The standard InChI is InChI=1S/C16H23N5O3/c17-16(23)20-8-5-11(6-9-20)15(22)21-7-1-2-12(21)13-18-14(24-19-13)10-3-4-10/h10-12H,1-9H2,(H2,17,23). The van der Waals surface area contributed by atoms with Gasteiger partial charge in [0.2, 0.25) is 11.8 Å². The third-order valence-electron chi connectivity index (χ3n) is 5.37. The Kier molecular flexibility index (Phi) is 3.90. The molecule has 1 aromatic heterocycles. The van der Waals surface area contributed by atoms with Crippen LogP contribution in [0.2, 0.25) is 0 Å². The summed E-state index contributed by atoms with van der Waals surface area (Å²) in [5.74, 6) is 1.90.